The summed E-state index contributed by atoms with van der Waals surface area (Å²) in [7, 11) is 0. The summed E-state index contributed by atoms with van der Waals surface area (Å²) in [6.45, 7) is 6.69. The lowest BCUT2D eigenvalue weighted by atomic mass is 10.0. The van der Waals surface area contributed by atoms with Gasteiger partial charge < -0.3 is 10.2 Å². The summed E-state index contributed by atoms with van der Waals surface area (Å²) in [6.07, 6.45) is -0.870. The van der Waals surface area contributed by atoms with Crippen molar-refractivity contribution in [3.05, 3.63) is 59.8 Å². The maximum Gasteiger partial charge on any atom is 0.417 e. The van der Waals surface area contributed by atoms with Crippen molar-refractivity contribution in [2.45, 2.75) is 51.4 Å². The van der Waals surface area contributed by atoms with Gasteiger partial charge in [-0.15, -0.1) is 0 Å². The molecule has 1 N–H and O–H groups in total. The number of amides is 1. The van der Waals surface area contributed by atoms with E-state index in [2.05, 4.69) is 22.1 Å². The number of rotatable bonds is 7. The molecule has 174 valence electrons. The number of nitrogens with zero attached hydrogens (tertiary/aromatic N) is 3. The normalized spacial score (nSPS) is 17.5. The van der Waals surface area contributed by atoms with Gasteiger partial charge in [-0.3, -0.25) is 9.69 Å². The first-order chi connectivity index (χ1) is 15.3. The number of pyridine rings is 1. The third-order valence-electron chi connectivity index (χ3n) is 5.95. The highest BCUT2D eigenvalue weighted by molar-refractivity contribution is 5.81. The molecule has 2 atom stereocenters. The summed E-state index contributed by atoms with van der Waals surface area (Å²) in [5, 5.41) is 3.20. The number of hydrogen-bond donors (Lipinski definition) is 1. The average molecular weight is 449 g/mol. The molecule has 32 heavy (non-hydrogen) atoms. The van der Waals surface area contributed by atoms with Crippen molar-refractivity contribution in [2.24, 2.45) is 0 Å². The lowest BCUT2D eigenvalue weighted by molar-refractivity contribution is -0.137. The lowest BCUT2D eigenvalue weighted by Gasteiger charge is -2.29. The predicted octanol–water partition coefficient (Wildman–Crippen LogP) is 4.66. The van der Waals surface area contributed by atoms with Crippen LogP contribution in [0.3, 0.4) is 0 Å². The molecular weight excluding hydrogens is 417 g/mol. The molecule has 5 nitrogen and oxygen atoms in total. The molecule has 2 heterocycles. The summed E-state index contributed by atoms with van der Waals surface area (Å²) >= 11 is 0. The van der Waals surface area contributed by atoms with Crippen LogP contribution in [-0.4, -0.2) is 48.0 Å². The Labute approximate surface area is 187 Å². The van der Waals surface area contributed by atoms with E-state index in [1.807, 2.05) is 42.2 Å². The largest absolute Gasteiger partial charge is 0.417 e. The van der Waals surface area contributed by atoms with Crippen LogP contribution in [-0.2, 0) is 11.0 Å². The molecule has 1 fully saturated rings. The molecule has 0 aliphatic carbocycles. The zero-order valence-electron chi connectivity index (χ0n) is 18.6. The monoisotopic (exact) mass is 448 g/mol. The van der Waals surface area contributed by atoms with Gasteiger partial charge in [0.05, 0.1) is 17.6 Å². The molecule has 2 unspecified atom stereocenters. The number of carbonyl (C=O) groups is 1. The lowest BCUT2D eigenvalue weighted by Crippen LogP contribution is -2.47. The van der Waals surface area contributed by atoms with Crippen LogP contribution in [0.1, 0.15) is 50.3 Å². The van der Waals surface area contributed by atoms with Gasteiger partial charge in [-0.2, -0.15) is 13.2 Å². The number of anilines is 1. The van der Waals surface area contributed by atoms with E-state index in [0.717, 1.165) is 43.6 Å². The maximum atomic E-state index is 13.0. The van der Waals surface area contributed by atoms with Crippen LogP contribution >= 0.6 is 0 Å². The van der Waals surface area contributed by atoms with Gasteiger partial charge in [0.2, 0.25) is 5.91 Å². The molecule has 1 aromatic carbocycles. The Hall–Kier alpha value is -2.61. The Morgan fingerprint density at radius 1 is 1.09 bits per heavy atom. The molecule has 0 bridgehead atoms. The Morgan fingerprint density at radius 3 is 2.47 bits per heavy atom. The molecule has 2 aromatic rings. The molecule has 0 spiro atoms. The van der Waals surface area contributed by atoms with Crippen LogP contribution in [0.2, 0.25) is 0 Å². The number of nitrogens with one attached hydrogen (secondary N) is 1. The first-order valence-corrected chi connectivity index (χ1v) is 11.2. The van der Waals surface area contributed by atoms with Crippen LogP contribution in [0.15, 0.2) is 48.7 Å². The van der Waals surface area contributed by atoms with E-state index in [9.17, 15) is 18.0 Å². The van der Waals surface area contributed by atoms with Crippen LogP contribution < -0.4 is 10.2 Å². The summed E-state index contributed by atoms with van der Waals surface area (Å²) in [5.74, 6) is 0.525. The van der Waals surface area contributed by atoms with E-state index in [1.165, 1.54) is 6.07 Å². The Balaban J connectivity index is 1.59. The van der Waals surface area contributed by atoms with Gasteiger partial charge >= 0.3 is 6.18 Å². The van der Waals surface area contributed by atoms with Crippen LogP contribution in [0.5, 0.6) is 0 Å². The quantitative estimate of drug-likeness (QED) is 0.670. The highest BCUT2D eigenvalue weighted by Crippen LogP contribution is 2.29. The summed E-state index contributed by atoms with van der Waals surface area (Å²) < 4.78 is 38.4. The minimum atomic E-state index is -4.39. The standard InChI is InChI=1S/C24H31F3N4O/c1-3-8-21(19-9-5-4-6-10-19)29-23(32)18(2)30-13-7-14-31(16-15-30)22-12-11-20(17-28-22)24(25,26)27/h4-6,9-12,17-18,21H,3,7-8,13-16H2,1-2H3,(H,29,32). The topological polar surface area (TPSA) is 48.5 Å². The number of benzene rings is 1. The minimum absolute atomic E-state index is 0.00610. The smallest absolute Gasteiger partial charge is 0.355 e. The molecule has 1 aliphatic rings. The van der Waals surface area contributed by atoms with Gasteiger partial charge in [0.25, 0.3) is 0 Å². The molecule has 0 saturated carbocycles. The number of hydrogen-bond acceptors (Lipinski definition) is 4. The van der Waals surface area contributed by atoms with Crippen LogP contribution in [0, 0.1) is 0 Å². The summed E-state index contributed by atoms with van der Waals surface area (Å²) in [4.78, 5) is 21.1. The Kier molecular flexibility index (Phi) is 8.12. The minimum Gasteiger partial charge on any atom is -0.355 e. The van der Waals surface area contributed by atoms with Gasteiger partial charge in [-0.25, -0.2) is 4.98 Å². The highest BCUT2D eigenvalue weighted by Gasteiger charge is 2.31. The molecule has 1 aliphatic heterocycles. The maximum absolute atomic E-state index is 13.0. The van der Waals surface area contributed by atoms with Gasteiger partial charge in [0.1, 0.15) is 5.82 Å². The molecule has 1 saturated heterocycles. The Morgan fingerprint density at radius 2 is 1.84 bits per heavy atom. The first-order valence-electron chi connectivity index (χ1n) is 11.2. The highest BCUT2D eigenvalue weighted by atomic mass is 19.4. The number of carbonyl (C=O) groups excluding carboxylic acids is 1. The summed E-state index contributed by atoms with van der Waals surface area (Å²) in [5.41, 5.74) is 0.355. The van der Waals surface area contributed by atoms with Gasteiger partial charge in [-0.05, 0) is 37.5 Å². The van der Waals surface area contributed by atoms with Crippen molar-refractivity contribution in [1.29, 1.82) is 0 Å². The second-order valence-electron chi connectivity index (χ2n) is 8.22. The average Bonchev–Trinajstić information content (AvgIpc) is 3.04. The number of aromatic nitrogens is 1. The molecule has 1 amide bonds. The SMILES string of the molecule is CCCC(NC(=O)C(C)N1CCCN(c2ccc(C(F)(F)F)cn2)CC1)c1ccccc1. The third-order valence-corrected chi connectivity index (χ3v) is 5.95. The molecule has 1 aromatic heterocycles. The number of alkyl halides is 3. The second-order valence-corrected chi connectivity index (χ2v) is 8.22. The van der Waals surface area contributed by atoms with Crippen molar-refractivity contribution >= 4 is 11.7 Å². The van der Waals surface area contributed by atoms with Gasteiger partial charge in [0, 0.05) is 32.4 Å². The molecular formula is C24H31F3N4O. The van der Waals surface area contributed by atoms with Crippen molar-refractivity contribution in [1.82, 2.24) is 15.2 Å². The van der Waals surface area contributed by atoms with Crippen LogP contribution in [0.25, 0.3) is 0 Å². The van der Waals surface area contributed by atoms with E-state index in [0.29, 0.717) is 25.5 Å². The zero-order chi connectivity index (χ0) is 23.1. The van der Waals surface area contributed by atoms with Gasteiger partial charge in [-0.1, -0.05) is 43.7 Å². The van der Waals surface area contributed by atoms with E-state index in [-0.39, 0.29) is 18.0 Å². The molecule has 0 radical (unpaired) electrons. The van der Waals surface area contributed by atoms with Crippen molar-refractivity contribution < 1.29 is 18.0 Å². The van der Waals surface area contributed by atoms with Gasteiger partial charge in [0.15, 0.2) is 0 Å². The van der Waals surface area contributed by atoms with Crippen LogP contribution in [0.4, 0.5) is 19.0 Å². The van der Waals surface area contributed by atoms with E-state index < -0.39 is 11.7 Å². The second kappa shape index (κ2) is 10.8. The fourth-order valence-corrected chi connectivity index (χ4v) is 4.05. The molecule has 8 heteroatoms. The molecule has 3 rings (SSSR count). The zero-order valence-corrected chi connectivity index (χ0v) is 18.6. The van der Waals surface area contributed by atoms with Crippen molar-refractivity contribution in [3.63, 3.8) is 0 Å². The van der Waals surface area contributed by atoms with Crippen molar-refractivity contribution in [3.8, 4) is 0 Å². The van der Waals surface area contributed by atoms with E-state index >= 15 is 0 Å². The van der Waals surface area contributed by atoms with E-state index in [4.69, 9.17) is 0 Å². The third kappa shape index (κ3) is 6.22. The predicted molar refractivity (Wildman–Crippen MR) is 119 cm³/mol. The van der Waals surface area contributed by atoms with Crippen molar-refractivity contribution in [2.75, 3.05) is 31.1 Å². The fourth-order valence-electron chi connectivity index (χ4n) is 4.05. The Bertz CT molecular complexity index is 858. The van der Waals surface area contributed by atoms with E-state index in [1.54, 1.807) is 0 Å². The number of halogens is 3. The summed E-state index contributed by atoms with van der Waals surface area (Å²) in [6, 6.07) is 12.2. The fraction of sp³-hybridized carbons (Fsp3) is 0.500. The first kappa shape index (κ1) is 24.0.